The van der Waals surface area contributed by atoms with E-state index in [4.69, 9.17) is 0 Å². The second-order valence-electron chi connectivity index (χ2n) is 4.51. The van der Waals surface area contributed by atoms with E-state index in [0.717, 1.165) is 13.1 Å². The maximum atomic E-state index is 3.41. The van der Waals surface area contributed by atoms with E-state index in [-0.39, 0.29) is 0 Å². The average molecular weight is 217 g/mol. The lowest BCUT2D eigenvalue weighted by Crippen LogP contribution is -2.16. The molecule has 1 nitrogen and oxygen atoms in total. The van der Waals surface area contributed by atoms with Gasteiger partial charge in [0.2, 0.25) is 0 Å². The first-order valence-corrected chi connectivity index (χ1v) is 6.08. The predicted octanol–water partition coefficient (Wildman–Crippen LogP) is 3.71. The summed E-state index contributed by atoms with van der Waals surface area (Å²) in [5, 5.41) is 3.41. The van der Waals surface area contributed by atoms with E-state index in [2.05, 4.69) is 57.3 Å². The van der Waals surface area contributed by atoms with E-state index < -0.39 is 0 Å². The first-order valence-electron chi connectivity index (χ1n) is 6.08. The van der Waals surface area contributed by atoms with Gasteiger partial charge >= 0.3 is 0 Å². The fourth-order valence-corrected chi connectivity index (χ4v) is 1.65. The normalized spacial score (nSPS) is 11.9. The van der Waals surface area contributed by atoms with Crippen molar-refractivity contribution in [3.8, 4) is 0 Å². The van der Waals surface area contributed by atoms with E-state index >= 15 is 0 Å². The molecular weight excluding hydrogens is 194 g/mol. The zero-order valence-electron chi connectivity index (χ0n) is 10.9. The van der Waals surface area contributed by atoms with Gasteiger partial charge in [0.1, 0.15) is 0 Å². The molecule has 0 amide bonds. The zero-order chi connectivity index (χ0) is 12.0. The number of hydrogen-bond donors (Lipinski definition) is 1. The Morgan fingerprint density at radius 2 is 2.00 bits per heavy atom. The van der Waals surface area contributed by atoms with Crippen LogP contribution in [0.2, 0.25) is 0 Å². The number of benzene rings is 1. The molecular formula is C15H23N. The van der Waals surface area contributed by atoms with Crippen LogP contribution in [0.3, 0.4) is 0 Å². The van der Waals surface area contributed by atoms with Crippen LogP contribution in [0.1, 0.15) is 37.0 Å². The minimum atomic E-state index is 0.987. The number of nitrogens with one attached hydrogen (secondary N) is 1. The highest BCUT2D eigenvalue weighted by molar-refractivity contribution is 5.54. The molecule has 0 spiro atoms. The highest BCUT2D eigenvalue weighted by Crippen LogP contribution is 2.12. The Hall–Kier alpha value is -1.08. The van der Waals surface area contributed by atoms with Crippen molar-refractivity contribution in [1.29, 1.82) is 0 Å². The van der Waals surface area contributed by atoms with E-state index in [1.54, 1.807) is 0 Å². The molecule has 0 aliphatic rings. The number of aryl methyl sites for hydroxylation is 2. The molecule has 0 radical (unpaired) electrons. The highest BCUT2D eigenvalue weighted by Gasteiger charge is 1.95. The largest absolute Gasteiger partial charge is 0.313 e. The maximum Gasteiger partial charge on any atom is 0.0165 e. The van der Waals surface area contributed by atoms with Gasteiger partial charge in [0.05, 0.1) is 0 Å². The van der Waals surface area contributed by atoms with Crippen LogP contribution >= 0.6 is 0 Å². The van der Waals surface area contributed by atoms with E-state index in [9.17, 15) is 0 Å². The van der Waals surface area contributed by atoms with E-state index in [1.165, 1.54) is 28.7 Å². The van der Waals surface area contributed by atoms with Crippen LogP contribution in [0.5, 0.6) is 0 Å². The molecule has 0 saturated carbocycles. The summed E-state index contributed by atoms with van der Waals surface area (Å²) in [5.41, 5.74) is 5.41. The molecule has 0 fully saturated rings. The molecule has 1 N–H and O–H groups in total. The lowest BCUT2D eigenvalue weighted by Gasteiger charge is -2.05. The molecule has 0 unspecified atom stereocenters. The summed E-state index contributed by atoms with van der Waals surface area (Å²) in [6, 6.07) is 6.62. The van der Waals surface area contributed by atoms with Crippen LogP contribution in [0, 0.1) is 13.8 Å². The SMILES string of the molecule is CCCNCC(C)=Cc1ccc(C)c(C)c1. The van der Waals surface area contributed by atoms with Crippen molar-refractivity contribution in [2.45, 2.75) is 34.1 Å². The zero-order valence-corrected chi connectivity index (χ0v) is 10.9. The Morgan fingerprint density at radius 3 is 2.62 bits per heavy atom. The Labute approximate surface area is 99.6 Å². The molecule has 1 rings (SSSR count). The van der Waals surface area contributed by atoms with Crippen LogP contribution in [0.15, 0.2) is 23.8 Å². The molecule has 0 bridgehead atoms. The first-order chi connectivity index (χ1) is 7.63. The van der Waals surface area contributed by atoms with Crippen molar-refractivity contribution in [3.63, 3.8) is 0 Å². The second kappa shape index (κ2) is 6.49. The Bertz CT molecular complexity index is 364. The van der Waals surface area contributed by atoms with Crippen LogP contribution in [-0.4, -0.2) is 13.1 Å². The third-order valence-corrected chi connectivity index (χ3v) is 2.77. The molecule has 1 heteroatoms. The van der Waals surface area contributed by atoms with Crippen molar-refractivity contribution < 1.29 is 0 Å². The second-order valence-corrected chi connectivity index (χ2v) is 4.51. The van der Waals surface area contributed by atoms with E-state index in [1.807, 2.05) is 0 Å². The molecule has 0 heterocycles. The predicted molar refractivity (Wildman–Crippen MR) is 72.7 cm³/mol. The van der Waals surface area contributed by atoms with Gasteiger partial charge < -0.3 is 5.32 Å². The summed E-state index contributed by atoms with van der Waals surface area (Å²) in [4.78, 5) is 0. The van der Waals surface area contributed by atoms with Crippen molar-refractivity contribution in [2.24, 2.45) is 0 Å². The van der Waals surface area contributed by atoms with Crippen LogP contribution in [0.25, 0.3) is 6.08 Å². The highest BCUT2D eigenvalue weighted by atomic mass is 14.8. The van der Waals surface area contributed by atoms with Crippen LogP contribution in [0.4, 0.5) is 0 Å². The number of hydrogen-bond acceptors (Lipinski definition) is 1. The van der Waals surface area contributed by atoms with Crippen LogP contribution in [-0.2, 0) is 0 Å². The van der Waals surface area contributed by atoms with Gasteiger partial charge in [-0.25, -0.2) is 0 Å². The topological polar surface area (TPSA) is 12.0 Å². The van der Waals surface area contributed by atoms with Gasteiger partial charge in [0, 0.05) is 6.54 Å². The quantitative estimate of drug-likeness (QED) is 0.741. The molecule has 0 atom stereocenters. The lowest BCUT2D eigenvalue weighted by molar-refractivity contribution is 0.715. The third-order valence-electron chi connectivity index (χ3n) is 2.77. The van der Waals surface area contributed by atoms with E-state index in [0.29, 0.717) is 0 Å². The van der Waals surface area contributed by atoms with Gasteiger partial charge in [-0.05, 0) is 50.4 Å². The molecule has 0 aliphatic carbocycles. The van der Waals surface area contributed by atoms with Gasteiger partial charge in [-0.15, -0.1) is 0 Å². The summed E-state index contributed by atoms with van der Waals surface area (Å²) < 4.78 is 0. The standard InChI is InChI=1S/C15H23N/c1-5-8-16-11-12(2)9-15-7-6-13(3)14(4)10-15/h6-7,9-10,16H,5,8,11H2,1-4H3. The minimum absolute atomic E-state index is 0.987. The van der Waals surface area contributed by atoms with Gasteiger partial charge in [0.25, 0.3) is 0 Å². The minimum Gasteiger partial charge on any atom is -0.313 e. The molecule has 0 aliphatic heterocycles. The van der Waals surface area contributed by atoms with Gasteiger partial charge in [-0.1, -0.05) is 36.8 Å². The molecule has 1 aromatic carbocycles. The maximum absolute atomic E-state index is 3.41. The number of rotatable bonds is 5. The molecule has 0 saturated heterocycles. The van der Waals surface area contributed by atoms with Crippen molar-refractivity contribution in [3.05, 3.63) is 40.5 Å². The monoisotopic (exact) mass is 217 g/mol. The summed E-state index contributed by atoms with van der Waals surface area (Å²) >= 11 is 0. The summed E-state index contributed by atoms with van der Waals surface area (Å²) in [5.74, 6) is 0. The lowest BCUT2D eigenvalue weighted by atomic mass is 10.0. The molecule has 1 aromatic rings. The van der Waals surface area contributed by atoms with Gasteiger partial charge in [-0.2, -0.15) is 0 Å². The summed E-state index contributed by atoms with van der Waals surface area (Å²) in [6.07, 6.45) is 3.45. The third kappa shape index (κ3) is 4.19. The van der Waals surface area contributed by atoms with Gasteiger partial charge in [0.15, 0.2) is 0 Å². The molecule has 0 aromatic heterocycles. The molecule has 88 valence electrons. The Kier molecular flexibility index (Phi) is 5.27. The fourth-order valence-electron chi connectivity index (χ4n) is 1.65. The molecule has 16 heavy (non-hydrogen) atoms. The van der Waals surface area contributed by atoms with Crippen molar-refractivity contribution >= 4 is 6.08 Å². The Morgan fingerprint density at radius 1 is 1.25 bits per heavy atom. The Balaban J connectivity index is 2.63. The summed E-state index contributed by atoms with van der Waals surface area (Å²) in [6.45, 7) is 10.8. The van der Waals surface area contributed by atoms with Gasteiger partial charge in [-0.3, -0.25) is 0 Å². The van der Waals surface area contributed by atoms with Crippen LogP contribution < -0.4 is 5.32 Å². The fraction of sp³-hybridized carbons (Fsp3) is 0.467. The summed E-state index contributed by atoms with van der Waals surface area (Å²) in [7, 11) is 0. The average Bonchev–Trinajstić information content (AvgIpc) is 2.24. The van der Waals surface area contributed by atoms with Crippen molar-refractivity contribution in [2.75, 3.05) is 13.1 Å². The first kappa shape index (κ1) is 13.0. The smallest absolute Gasteiger partial charge is 0.0165 e. The van der Waals surface area contributed by atoms with Crippen molar-refractivity contribution in [1.82, 2.24) is 5.32 Å².